The van der Waals surface area contributed by atoms with Gasteiger partial charge in [0.1, 0.15) is 0 Å². The van der Waals surface area contributed by atoms with Crippen LogP contribution in [0, 0.1) is 0 Å². The molecule has 1 fully saturated rings. The van der Waals surface area contributed by atoms with Crippen LogP contribution in [0.5, 0.6) is 0 Å². The Morgan fingerprint density at radius 2 is 2.22 bits per heavy atom. The molecule has 1 aromatic carbocycles. The van der Waals surface area contributed by atoms with Gasteiger partial charge in [0.25, 0.3) is 0 Å². The summed E-state index contributed by atoms with van der Waals surface area (Å²) in [7, 11) is 0. The van der Waals surface area contributed by atoms with E-state index in [1.165, 1.54) is 18.2 Å². The molecule has 0 bridgehead atoms. The second-order valence-corrected chi connectivity index (χ2v) is 6.65. The van der Waals surface area contributed by atoms with Crippen LogP contribution < -0.4 is 5.32 Å². The van der Waals surface area contributed by atoms with E-state index in [1.807, 2.05) is 24.3 Å². The third kappa shape index (κ3) is 7.05. The molecule has 0 aromatic heterocycles. The number of rotatable bonds is 8. The summed E-state index contributed by atoms with van der Waals surface area (Å²) in [5.41, 5.74) is 1.76. The largest absolute Gasteiger partial charge is 0.481 e. The standard InChI is InChI=1S/C17H23NO4S/c19-16(8-7-15-6-1-2-9-22-15)18-14-5-3-4-13(10-14)11-23-12-17(20)21/h3-5,10,15H,1-2,6-9,11-12H2,(H,18,19)(H,20,21). The average molecular weight is 337 g/mol. The molecule has 1 aromatic rings. The van der Waals surface area contributed by atoms with Crippen molar-refractivity contribution in [2.45, 2.75) is 44.0 Å². The smallest absolute Gasteiger partial charge is 0.313 e. The number of thioether (sulfide) groups is 1. The molecule has 1 amide bonds. The van der Waals surface area contributed by atoms with Gasteiger partial charge in [0.05, 0.1) is 11.9 Å². The summed E-state index contributed by atoms with van der Waals surface area (Å²) in [6.45, 7) is 0.808. The molecule has 0 saturated carbocycles. The second kappa shape index (κ2) is 9.57. The Bertz CT molecular complexity index is 529. The molecule has 1 aliphatic rings. The maximum atomic E-state index is 12.0. The number of hydrogen-bond donors (Lipinski definition) is 2. The van der Waals surface area contributed by atoms with Crippen LogP contribution >= 0.6 is 11.8 Å². The summed E-state index contributed by atoms with van der Waals surface area (Å²) >= 11 is 1.34. The maximum Gasteiger partial charge on any atom is 0.313 e. The van der Waals surface area contributed by atoms with E-state index < -0.39 is 5.97 Å². The van der Waals surface area contributed by atoms with Crippen LogP contribution in [-0.2, 0) is 20.1 Å². The molecule has 1 unspecified atom stereocenters. The zero-order chi connectivity index (χ0) is 16.5. The molecule has 5 nitrogen and oxygen atoms in total. The van der Waals surface area contributed by atoms with Gasteiger partial charge in [-0.15, -0.1) is 11.8 Å². The van der Waals surface area contributed by atoms with Gasteiger partial charge < -0.3 is 15.2 Å². The number of benzene rings is 1. The van der Waals surface area contributed by atoms with Gasteiger partial charge in [0.15, 0.2) is 0 Å². The first-order chi connectivity index (χ1) is 11.1. The molecule has 2 rings (SSSR count). The van der Waals surface area contributed by atoms with E-state index in [4.69, 9.17) is 9.84 Å². The van der Waals surface area contributed by atoms with Gasteiger partial charge in [-0.3, -0.25) is 9.59 Å². The van der Waals surface area contributed by atoms with Crippen molar-refractivity contribution in [1.29, 1.82) is 0 Å². The molecule has 0 spiro atoms. The number of carbonyl (C=O) groups excluding carboxylic acids is 1. The van der Waals surface area contributed by atoms with E-state index in [-0.39, 0.29) is 17.8 Å². The molecule has 0 aliphatic carbocycles. The molecular formula is C17H23NO4S. The Labute approximate surface area is 140 Å². The molecule has 2 N–H and O–H groups in total. The summed E-state index contributed by atoms with van der Waals surface area (Å²) < 4.78 is 5.63. The van der Waals surface area contributed by atoms with Crippen molar-refractivity contribution < 1.29 is 19.4 Å². The number of aliphatic carboxylic acids is 1. The average Bonchev–Trinajstić information content (AvgIpc) is 2.54. The van der Waals surface area contributed by atoms with Crippen LogP contribution in [0.3, 0.4) is 0 Å². The highest BCUT2D eigenvalue weighted by Gasteiger charge is 2.15. The van der Waals surface area contributed by atoms with Gasteiger partial charge in [-0.2, -0.15) is 0 Å². The third-order valence-corrected chi connectivity index (χ3v) is 4.66. The van der Waals surface area contributed by atoms with Crippen molar-refractivity contribution in [2.24, 2.45) is 0 Å². The molecular weight excluding hydrogens is 314 g/mol. The number of amides is 1. The van der Waals surface area contributed by atoms with Crippen LogP contribution in [0.25, 0.3) is 0 Å². The predicted molar refractivity (Wildman–Crippen MR) is 91.7 cm³/mol. The summed E-state index contributed by atoms with van der Waals surface area (Å²) in [4.78, 5) is 22.5. The molecule has 1 heterocycles. The minimum Gasteiger partial charge on any atom is -0.481 e. The quantitative estimate of drug-likeness (QED) is 0.761. The first kappa shape index (κ1) is 17.8. The van der Waals surface area contributed by atoms with Gasteiger partial charge in [-0.05, 0) is 43.4 Å². The monoisotopic (exact) mass is 337 g/mol. The van der Waals surface area contributed by atoms with Crippen LogP contribution in [0.15, 0.2) is 24.3 Å². The van der Waals surface area contributed by atoms with Crippen LogP contribution in [0.2, 0.25) is 0 Å². The fraction of sp³-hybridized carbons (Fsp3) is 0.529. The zero-order valence-electron chi connectivity index (χ0n) is 13.1. The van der Waals surface area contributed by atoms with Crippen molar-refractivity contribution in [3.8, 4) is 0 Å². The predicted octanol–water partition coefficient (Wildman–Crippen LogP) is 3.29. The maximum absolute atomic E-state index is 12.0. The summed E-state index contributed by atoms with van der Waals surface area (Å²) in [5, 5.41) is 11.5. The molecule has 126 valence electrons. The van der Waals surface area contributed by atoms with E-state index in [2.05, 4.69) is 5.32 Å². The number of carboxylic acid groups (broad SMARTS) is 1. The Kier molecular flexibility index (Phi) is 7.42. The van der Waals surface area contributed by atoms with Crippen molar-refractivity contribution in [2.75, 3.05) is 17.7 Å². The third-order valence-electron chi connectivity index (χ3n) is 3.67. The highest BCUT2D eigenvalue weighted by Crippen LogP contribution is 2.19. The van der Waals surface area contributed by atoms with E-state index in [0.717, 1.165) is 37.1 Å². The number of nitrogens with one attached hydrogen (secondary N) is 1. The lowest BCUT2D eigenvalue weighted by atomic mass is 10.0. The van der Waals surface area contributed by atoms with Crippen molar-refractivity contribution in [3.05, 3.63) is 29.8 Å². The van der Waals surface area contributed by atoms with E-state index in [9.17, 15) is 9.59 Å². The topological polar surface area (TPSA) is 75.6 Å². The summed E-state index contributed by atoms with van der Waals surface area (Å²) in [6, 6.07) is 7.54. The molecule has 1 aliphatic heterocycles. The van der Waals surface area contributed by atoms with E-state index in [0.29, 0.717) is 12.2 Å². The minimum absolute atomic E-state index is 0.00508. The first-order valence-corrected chi connectivity index (χ1v) is 9.09. The molecule has 0 radical (unpaired) electrons. The van der Waals surface area contributed by atoms with E-state index >= 15 is 0 Å². The Hall–Kier alpha value is -1.53. The number of hydrogen-bond acceptors (Lipinski definition) is 4. The second-order valence-electron chi connectivity index (χ2n) is 5.66. The van der Waals surface area contributed by atoms with Gasteiger partial charge in [-0.25, -0.2) is 0 Å². The molecule has 1 atom stereocenters. The SMILES string of the molecule is O=C(O)CSCc1cccc(NC(=O)CCC2CCCCO2)c1. The summed E-state index contributed by atoms with van der Waals surface area (Å²) in [5.74, 6) is -0.122. The zero-order valence-corrected chi connectivity index (χ0v) is 13.9. The van der Waals surface area contributed by atoms with Gasteiger partial charge >= 0.3 is 5.97 Å². The van der Waals surface area contributed by atoms with Crippen molar-refractivity contribution >= 4 is 29.3 Å². The Morgan fingerprint density at radius 3 is 2.96 bits per heavy atom. The van der Waals surface area contributed by atoms with Gasteiger partial charge in [0, 0.05) is 24.5 Å². The number of ether oxygens (including phenoxy) is 1. The fourth-order valence-electron chi connectivity index (χ4n) is 2.55. The summed E-state index contributed by atoms with van der Waals surface area (Å²) in [6.07, 6.45) is 4.79. The van der Waals surface area contributed by atoms with Gasteiger partial charge in [-0.1, -0.05) is 12.1 Å². The van der Waals surface area contributed by atoms with Crippen molar-refractivity contribution in [3.63, 3.8) is 0 Å². The minimum atomic E-state index is -0.815. The highest BCUT2D eigenvalue weighted by molar-refractivity contribution is 7.99. The van der Waals surface area contributed by atoms with Gasteiger partial charge in [0.2, 0.25) is 5.91 Å². The van der Waals surface area contributed by atoms with E-state index in [1.54, 1.807) is 0 Å². The first-order valence-electron chi connectivity index (χ1n) is 7.93. The Morgan fingerprint density at radius 1 is 1.35 bits per heavy atom. The lowest BCUT2D eigenvalue weighted by Gasteiger charge is -2.22. The normalized spacial score (nSPS) is 17.7. The lowest BCUT2D eigenvalue weighted by molar-refractivity contribution is -0.133. The van der Waals surface area contributed by atoms with Crippen LogP contribution in [0.1, 0.15) is 37.7 Å². The molecule has 23 heavy (non-hydrogen) atoms. The highest BCUT2D eigenvalue weighted by atomic mass is 32.2. The van der Waals surface area contributed by atoms with Crippen LogP contribution in [-0.4, -0.2) is 35.4 Å². The van der Waals surface area contributed by atoms with Crippen molar-refractivity contribution in [1.82, 2.24) is 0 Å². The lowest BCUT2D eigenvalue weighted by Crippen LogP contribution is -2.21. The Balaban J connectivity index is 1.75. The van der Waals surface area contributed by atoms with Crippen LogP contribution in [0.4, 0.5) is 5.69 Å². The molecule has 6 heteroatoms. The fourth-order valence-corrected chi connectivity index (χ4v) is 3.24. The number of carboxylic acids is 1. The number of carbonyl (C=O) groups is 2. The molecule has 1 saturated heterocycles. The number of anilines is 1.